The van der Waals surface area contributed by atoms with Gasteiger partial charge in [-0.25, -0.2) is 28.2 Å². The lowest BCUT2D eigenvalue weighted by molar-refractivity contribution is -0.672. The monoisotopic (exact) mass is 1000 g/mol. The van der Waals surface area contributed by atoms with E-state index in [-0.39, 0.29) is 46.8 Å². The maximum absolute atomic E-state index is 14.3. The summed E-state index contributed by atoms with van der Waals surface area (Å²) in [6.07, 6.45) is 3.03. The van der Waals surface area contributed by atoms with E-state index in [9.17, 15) is 36.9 Å². The van der Waals surface area contributed by atoms with Crippen molar-refractivity contribution in [3.05, 3.63) is 125 Å². The summed E-state index contributed by atoms with van der Waals surface area (Å²) in [5.74, 6) is -3.09. The molecule has 370 valence electrons. The Hall–Kier alpha value is -7.31. The molecule has 4 amide bonds. The average Bonchev–Trinajstić information content (AvgIpc) is 3.71. The summed E-state index contributed by atoms with van der Waals surface area (Å²) in [7, 11) is -3.35. The van der Waals surface area contributed by atoms with E-state index in [2.05, 4.69) is 31.0 Å². The van der Waals surface area contributed by atoms with Crippen molar-refractivity contribution in [2.24, 2.45) is 12.2 Å². The van der Waals surface area contributed by atoms with E-state index < -0.39 is 87.5 Å². The first-order chi connectivity index (χ1) is 33.0. The largest absolute Gasteiger partial charge is 0.450 e. The quantitative estimate of drug-likeness (QED) is 0.0218. The molecule has 1 aliphatic carbocycles. The molecule has 0 spiro atoms. The minimum Gasteiger partial charge on any atom is -0.450 e. The number of β-lactam (4-membered cyclic amide) rings is 1. The molecule has 3 aromatic heterocycles. The number of hydrogen-bond donors (Lipinski definition) is 3. The average molecular weight is 1000 g/mol. The topological polar surface area (TPSA) is 267 Å². The van der Waals surface area contributed by atoms with Gasteiger partial charge in [-0.15, -0.1) is 11.3 Å². The van der Waals surface area contributed by atoms with Gasteiger partial charge < -0.3 is 24.4 Å². The minimum absolute atomic E-state index is 0.0161. The second kappa shape index (κ2) is 20.3. The summed E-state index contributed by atoms with van der Waals surface area (Å²) < 4.78 is 54.3. The Morgan fingerprint density at radius 1 is 0.957 bits per heavy atom. The zero-order valence-electron chi connectivity index (χ0n) is 39.3. The van der Waals surface area contributed by atoms with Gasteiger partial charge in [0.05, 0.1) is 25.8 Å². The van der Waals surface area contributed by atoms with E-state index in [0.717, 1.165) is 21.7 Å². The number of amides is 4. The molecular formula is C46H53N10O12S2+. The van der Waals surface area contributed by atoms with Gasteiger partial charge in [0.1, 0.15) is 41.7 Å². The molecule has 1 saturated carbocycles. The van der Waals surface area contributed by atoms with Gasteiger partial charge in [0.15, 0.2) is 29.3 Å². The summed E-state index contributed by atoms with van der Waals surface area (Å²) >= 11 is 0.893. The lowest BCUT2D eigenvalue weighted by Gasteiger charge is -2.43. The molecule has 2 aliphatic rings. The molecule has 22 nitrogen and oxygen atoms in total. The number of nitrogens with zero attached hydrogens (tertiary/aromatic N) is 8. The molecule has 2 fully saturated rings. The Morgan fingerprint density at radius 3 is 2.19 bits per heavy atom. The maximum atomic E-state index is 14.3. The first kappa shape index (κ1) is 50.6. The smallest absolute Gasteiger partial charge is 0.413 e. The van der Waals surface area contributed by atoms with Gasteiger partial charge in [0, 0.05) is 29.9 Å². The Kier molecular flexibility index (Phi) is 14.7. The highest BCUT2D eigenvalue weighted by molar-refractivity contribution is 7.84. The Bertz CT molecular complexity index is 2840. The SMILES string of the molecule is C[n+]1cccc(CN(Cc2cnn(C[C@@H]3[C@H](NC(=O)/C(=N\OC4(C(=O)OC(c5ccccc5)c5ccccc5)CC4)c4csc(NC(=O)OC(C)(C)C)n4)C(=O)N3S(=O)(=O)O)n2)C(=O)OC(C)(C)C)c1. The van der Waals surface area contributed by atoms with Gasteiger partial charge in [-0.1, -0.05) is 65.8 Å². The number of thiazole rings is 1. The van der Waals surface area contributed by atoms with Crippen LogP contribution in [0.5, 0.6) is 0 Å². The van der Waals surface area contributed by atoms with Gasteiger partial charge in [-0.3, -0.25) is 24.4 Å². The van der Waals surface area contributed by atoms with Gasteiger partial charge in [-0.2, -0.15) is 23.4 Å². The normalized spacial score (nSPS) is 16.7. The van der Waals surface area contributed by atoms with E-state index in [1.807, 2.05) is 96.8 Å². The molecular weight excluding hydrogens is 949 g/mol. The number of carbonyl (C=O) groups is 5. The van der Waals surface area contributed by atoms with Gasteiger partial charge in [0.25, 0.3) is 11.8 Å². The number of nitrogens with one attached hydrogen (secondary N) is 2. The number of pyridine rings is 1. The molecule has 0 bridgehead atoms. The van der Waals surface area contributed by atoms with Crippen molar-refractivity contribution in [3.8, 4) is 0 Å². The third kappa shape index (κ3) is 12.9. The van der Waals surface area contributed by atoms with Crippen LogP contribution in [0.4, 0.5) is 14.7 Å². The van der Waals surface area contributed by atoms with E-state index in [0.29, 0.717) is 11.1 Å². The zero-order valence-corrected chi connectivity index (χ0v) is 41.0. The number of anilines is 1. The molecule has 3 N–H and O–H groups in total. The molecule has 0 unspecified atom stereocenters. The van der Waals surface area contributed by atoms with Crippen molar-refractivity contribution in [1.29, 1.82) is 0 Å². The molecule has 70 heavy (non-hydrogen) atoms. The lowest BCUT2D eigenvalue weighted by atomic mass is 9.98. The number of esters is 1. The number of benzene rings is 2. The summed E-state index contributed by atoms with van der Waals surface area (Å²) in [6.45, 7) is 9.75. The lowest BCUT2D eigenvalue weighted by Crippen LogP contribution is -2.73. The zero-order chi connectivity index (χ0) is 50.6. The van der Waals surface area contributed by atoms with Crippen molar-refractivity contribution in [3.63, 3.8) is 0 Å². The van der Waals surface area contributed by atoms with Crippen LogP contribution in [-0.4, -0.2) is 107 Å². The third-order valence-electron chi connectivity index (χ3n) is 10.4. The highest BCUT2D eigenvalue weighted by atomic mass is 32.2. The number of rotatable bonds is 17. The second-order valence-corrected chi connectivity index (χ2v) is 20.7. The summed E-state index contributed by atoms with van der Waals surface area (Å²) in [5, 5.41) is 19.0. The fourth-order valence-corrected chi connectivity index (χ4v) is 8.65. The number of aromatic nitrogens is 5. The van der Waals surface area contributed by atoms with E-state index in [1.165, 1.54) is 16.5 Å². The van der Waals surface area contributed by atoms with Crippen molar-refractivity contribution in [1.82, 2.24) is 34.5 Å². The molecule has 7 rings (SSSR count). The standard InChI is InChI=1S/C46H52N10O12S2/c1-44(2,3)66-42(60)50-41-48-33(28-69-41)35(52-68-46(20-21-46)40(59)65-37(30-16-10-8-11-17-30)31-18-12-9-13-19-31)38(57)49-36-34(56(39(36)58)70(62,63)64)27-55-47-23-32(51-55)26-54(43(61)67-45(4,5)6)25-29-15-14-22-53(7)24-29/h8-19,22-24,28,34,36-37H,20-21,25-27H2,1-7H3,(H2-,48,49,50,57,60,62,63,64)/p+1/b52-35-/t34-,36+/m1/s1. The summed E-state index contributed by atoms with van der Waals surface area (Å²) in [5.41, 5.74) is -1.62. The fourth-order valence-electron chi connectivity index (χ4n) is 7.10. The van der Waals surface area contributed by atoms with Crippen molar-refractivity contribution in [2.75, 3.05) is 5.32 Å². The first-order valence-electron chi connectivity index (χ1n) is 21.9. The van der Waals surface area contributed by atoms with Crippen LogP contribution in [0.2, 0.25) is 0 Å². The Balaban J connectivity index is 1.13. The number of oxime groups is 1. The van der Waals surface area contributed by atoms with Crippen molar-refractivity contribution in [2.45, 2.75) is 109 Å². The molecule has 2 atom stereocenters. The molecule has 24 heteroatoms. The van der Waals surface area contributed by atoms with Crippen molar-refractivity contribution < 1.29 is 60.6 Å². The number of carbonyl (C=O) groups excluding carboxylic acids is 5. The first-order valence-corrected chi connectivity index (χ1v) is 24.2. The molecule has 1 saturated heterocycles. The highest BCUT2D eigenvalue weighted by Crippen LogP contribution is 2.43. The molecule has 1 aliphatic heterocycles. The summed E-state index contributed by atoms with van der Waals surface area (Å²) in [4.78, 5) is 80.4. The van der Waals surface area contributed by atoms with E-state index >= 15 is 0 Å². The number of hydrogen-bond acceptors (Lipinski definition) is 16. The number of ether oxygens (including phenoxy) is 3. The van der Waals surface area contributed by atoms with E-state index in [1.54, 1.807) is 41.5 Å². The molecule has 5 aromatic rings. The van der Waals surface area contributed by atoms with Gasteiger partial charge in [-0.05, 0) is 58.7 Å². The van der Waals surface area contributed by atoms with Crippen LogP contribution < -0.4 is 15.2 Å². The minimum atomic E-state index is -5.18. The van der Waals surface area contributed by atoms with Crippen LogP contribution in [0.1, 0.15) is 88.6 Å². The Morgan fingerprint density at radius 2 is 1.60 bits per heavy atom. The highest BCUT2D eigenvalue weighted by Gasteiger charge is 2.57. The van der Waals surface area contributed by atoms with Crippen LogP contribution in [0.3, 0.4) is 0 Å². The maximum Gasteiger partial charge on any atom is 0.413 e. The predicted octanol–water partition coefficient (Wildman–Crippen LogP) is 4.63. The van der Waals surface area contributed by atoms with Gasteiger partial charge in [0.2, 0.25) is 5.60 Å². The van der Waals surface area contributed by atoms with Crippen LogP contribution >= 0.6 is 11.3 Å². The van der Waals surface area contributed by atoms with Crippen LogP contribution in [0.15, 0.2) is 102 Å². The Labute approximate surface area is 407 Å². The van der Waals surface area contributed by atoms with Crippen LogP contribution in [-0.2, 0) is 70.4 Å². The summed E-state index contributed by atoms with van der Waals surface area (Å²) in [6, 6.07) is 18.7. The second-order valence-electron chi connectivity index (χ2n) is 18.5. The predicted molar refractivity (Wildman–Crippen MR) is 250 cm³/mol. The van der Waals surface area contributed by atoms with Gasteiger partial charge >= 0.3 is 28.5 Å². The molecule has 4 heterocycles. The van der Waals surface area contributed by atoms with Crippen LogP contribution in [0, 0.1) is 0 Å². The molecule has 0 radical (unpaired) electrons. The number of aryl methyl sites for hydroxylation is 1. The fraction of sp³-hybridized carbons (Fsp3) is 0.391. The van der Waals surface area contributed by atoms with Crippen molar-refractivity contribution >= 4 is 62.5 Å². The third-order valence-corrected chi connectivity index (χ3v) is 12.1. The van der Waals surface area contributed by atoms with E-state index in [4.69, 9.17) is 19.0 Å². The molecule has 2 aromatic carbocycles. The van der Waals surface area contributed by atoms with Crippen LogP contribution in [0.25, 0.3) is 0 Å².